The molecular formula is C12H12ClNO3S2. The molecule has 0 saturated carbocycles. The Hall–Kier alpha value is -1.24. The number of aryl methyl sites for hydroxylation is 1. The molecule has 0 aliphatic heterocycles. The quantitative estimate of drug-likeness (QED) is 0.938. The van der Waals surface area contributed by atoms with Gasteiger partial charge in [0.2, 0.25) is 0 Å². The maximum Gasteiger partial charge on any atom is 0.271 e. The predicted molar refractivity (Wildman–Crippen MR) is 77.9 cm³/mol. The molecule has 0 atom stereocenters. The number of benzene rings is 1. The summed E-state index contributed by atoms with van der Waals surface area (Å²) >= 11 is 6.76. The van der Waals surface area contributed by atoms with Crippen LogP contribution in [0.25, 0.3) is 0 Å². The van der Waals surface area contributed by atoms with Crippen LogP contribution in [0.5, 0.6) is 5.75 Å². The molecule has 0 aliphatic carbocycles. The Balaban J connectivity index is 2.35. The Morgan fingerprint density at radius 3 is 2.58 bits per heavy atom. The van der Waals surface area contributed by atoms with Gasteiger partial charge in [0.15, 0.2) is 0 Å². The number of hydrogen-bond acceptors (Lipinski definition) is 4. The number of rotatable bonds is 4. The molecule has 19 heavy (non-hydrogen) atoms. The molecule has 0 amide bonds. The van der Waals surface area contributed by atoms with Gasteiger partial charge in [-0.05, 0) is 36.8 Å². The van der Waals surface area contributed by atoms with Gasteiger partial charge in [-0.1, -0.05) is 17.7 Å². The topological polar surface area (TPSA) is 55.4 Å². The summed E-state index contributed by atoms with van der Waals surface area (Å²) in [7, 11) is -2.14. The van der Waals surface area contributed by atoms with Gasteiger partial charge in [0.05, 0.1) is 17.1 Å². The number of nitrogens with one attached hydrogen (secondary N) is 1. The summed E-state index contributed by atoms with van der Waals surface area (Å²) in [6.07, 6.45) is 0. The van der Waals surface area contributed by atoms with E-state index in [4.69, 9.17) is 16.3 Å². The lowest BCUT2D eigenvalue weighted by atomic mass is 10.2. The minimum Gasteiger partial charge on any atom is -0.495 e. The zero-order chi connectivity index (χ0) is 14.0. The van der Waals surface area contributed by atoms with Gasteiger partial charge in [0, 0.05) is 0 Å². The standard InChI is InChI=1S/C12H12ClNO3S2/c1-8-3-4-9(10(7-8)17-2)14-19(15,16)12-6-5-11(13)18-12/h3-7,14H,1-2H3. The summed E-state index contributed by atoms with van der Waals surface area (Å²) in [4.78, 5) is 0. The van der Waals surface area contributed by atoms with Crippen LogP contribution in [0.2, 0.25) is 4.34 Å². The second kappa shape index (κ2) is 5.40. The molecule has 102 valence electrons. The average Bonchev–Trinajstić information content (AvgIpc) is 2.79. The molecular weight excluding hydrogens is 306 g/mol. The first-order valence-corrected chi connectivity index (χ1v) is 8.03. The SMILES string of the molecule is COc1cc(C)ccc1NS(=O)(=O)c1ccc(Cl)s1. The highest BCUT2D eigenvalue weighted by Crippen LogP contribution is 2.31. The first kappa shape index (κ1) is 14.2. The smallest absolute Gasteiger partial charge is 0.271 e. The minimum absolute atomic E-state index is 0.167. The zero-order valence-corrected chi connectivity index (χ0v) is 12.7. The third kappa shape index (κ3) is 3.20. The Labute approximate surface area is 121 Å². The number of methoxy groups -OCH3 is 1. The number of hydrogen-bond donors (Lipinski definition) is 1. The molecule has 1 N–H and O–H groups in total. The van der Waals surface area contributed by atoms with Gasteiger partial charge in [0.25, 0.3) is 10.0 Å². The summed E-state index contributed by atoms with van der Waals surface area (Å²) in [5.74, 6) is 0.478. The van der Waals surface area contributed by atoms with E-state index in [1.165, 1.54) is 13.2 Å². The molecule has 1 heterocycles. The number of ether oxygens (including phenoxy) is 1. The van der Waals surface area contributed by atoms with E-state index in [0.717, 1.165) is 16.9 Å². The molecule has 1 aromatic heterocycles. The molecule has 4 nitrogen and oxygen atoms in total. The van der Waals surface area contributed by atoms with Crippen molar-refractivity contribution >= 4 is 38.6 Å². The molecule has 2 aromatic rings. The first-order valence-electron chi connectivity index (χ1n) is 5.35. The van der Waals surface area contributed by atoms with Crippen LogP contribution < -0.4 is 9.46 Å². The van der Waals surface area contributed by atoms with Crippen molar-refractivity contribution in [3.63, 3.8) is 0 Å². The monoisotopic (exact) mass is 317 g/mol. The second-order valence-electron chi connectivity index (χ2n) is 3.87. The summed E-state index contributed by atoms with van der Waals surface area (Å²) < 4.78 is 32.6. The normalized spacial score (nSPS) is 11.3. The van der Waals surface area contributed by atoms with E-state index in [1.807, 2.05) is 13.0 Å². The number of anilines is 1. The van der Waals surface area contributed by atoms with Gasteiger partial charge < -0.3 is 4.74 Å². The van der Waals surface area contributed by atoms with Crippen LogP contribution in [-0.4, -0.2) is 15.5 Å². The second-order valence-corrected chi connectivity index (χ2v) is 7.49. The van der Waals surface area contributed by atoms with Crippen molar-refractivity contribution in [2.75, 3.05) is 11.8 Å². The van der Waals surface area contributed by atoms with Crippen LogP contribution in [0.3, 0.4) is 0 Å². The van der Waals surface area contributed by atoms with Crippen molar-refractivity contribution in [2.45, 2.75) is 11.1 Å². The number of sulfonamides is 1. The van der Waals surface area contributed by atoms with E-state index < -0.39 is 10.0 Å². The molecule has 0 bridgehead atoms. The van der Waals surface area contributed by atoms with Crippen LogP contribution in [-0.2, 0) is 10.0 Å². The third-order valence-corrected chi connectivity index (χ3v) is 5.50. The third-order valence-electron chi connectivity index (χ3n) is 2.41. The maximum absolute atomic E-state index is 12.2. The van der Waals surface area contributed by atoms with Crippen LogP contribution in [0.1, 0.15) is 5.56 Å². The summed E-state index contributed by atoms with van der Waals surface area (Å²) in [6.45, 7) is 1.90. The van der Waals surface area contributed by atoms with Gasteiger partial charge in [-0.25, -0.2) is 8.42 Å². The van der Waals surface area contributed by atoms with E-state index in [-0.39, 0.29) is 4.21 Å². The molecule has 0 saturated heterocycles. The van der Waals surface area contributed by atoms with Crippen molar-refractivity contribution in [3.05, 3.63) is 40.2 Å². The molecule has 0 aliphatic rings. The van der Waals surface area contributed by atoms with Crippen LogP contribution in [0.15, 0.2) is 34.5 Å². The van der Waals surface area contributed by atoms with Crippen molar-refractivity contribution in [1.82, 2.24) is 0 Å². The maximum atomic E-state index is 12.2. The molecule has 7 heteroatoms. The van der Waals surface area contributed by atoms with Crippen molar-refractivity contribution < 1.29 is 13.2 Å². The highest BCUT2D eigenvalue weighted by Gasteiger charge is 2.18. The number of halogens is 1. The van der Waals surface area contributed by atoms with E-state index in [1.54, 1.807) is 18.2 Å². The fraction of sp³-hybridized carbons (Fsp3) is 0.167. The van der Waals surface area contributed by atoms with Crippen LogP contribution in [0, 0.1) is 6.92 Å². The zero-order valence-electron chi connectivity index (χ0n) is 10.3. The van der Waals surface area contributed by atoms with E-state index in [2.05, 4.69) is 4.72 Å². The predicted octanol–water partition coefficient (Wildman–Crippen LogP) is 3.52. The van der Waals surface area contributed by atoms with Crippen LogP contribution >= 0.6 is 22.9 Å². The fourth-order valence-corrected chi connectivity index (χ4v) is 4.07. The average molecular weight is 318 g/mol. The van der Waals surface area contributed by atoms with Crippen molar-refractivity contribution in [2.24, 2.45) is 0 Å². The fourth-order valence-electron chi connectivity index (χ4n) is 1.52. The first-order chi connectivity index (χ1) is 8.92. The van der Waals surface area contributed by atoms with Gasteiger partial charge >= 0.3 is 0 Å². The van der Waals surface area contributed by atoms with Gasteiger partial charge in [0.1, 0.15) is 9.96 Å². The Bertz CT molecular complexity index is 695. The molecule has 0 spiro atoms. The van der Waals surface area contributed by atoms with Gasteiger partial charge in [-0.3, -0.25) is 4.72 Å². The number of thiophene rings is 1. The van der Waals surface area contributed by atoms with E-state index >= 15 is 0 Å². The molecule has 2 rings (SSSR count). The Morgan fingerprint density at radius 2 is 2.00 bits per heavy atom. The lowest BCUT2D eigenvalue weighted by Crippen LogP contribution is -2.12. The van der Waals surface area contributed by atoms with E-state index in [0.29, 0.717) is 15.8 Å². The van der Waals surface area contributed by atoms with Crippen molar-refractivity contribution in [1.29, 1.82) is 0 Å². The minimum atomic E-state index is -3.63. The molecule has 1 aromatic carbocycles. The lowest BCUT2D eigenvalue weighted by molar-refractivity contribution is 0.416. The van der Waals surface area contributed by atoms with Gasteiger partial charge in [-0.15, -0.1) is 11.3 Å². The highest BCUT2D eigenvalue weighted by atomic mass is 35.5. The lowest BCUT2D eigenvalue weighted by Gasteiger charge is -2.11. The largest absolute Gasteiger partial charge is 0.495 e. The van der Waals surface area contributed by atoms with E-state index in [9.17, 15) is 8.42 Å². The summed E-state index contributed by atoms with van der Waals surface area (Å²) in [6, 6.07) is 8.26. The van der Waals surface area contributed by atoms with Gasteiger partial charge in [-0.2, -0.15) is 0 Å². The summed E-state index contributed by atoms with van der Waals surface area (Å²) in [5, 5.41) is 0. The molecule has 0 fully saturated rings. The molecule has 0 unspecified atom stereocenters. The Kier molecular flexibility index (Phi) is 4.03. The highest BCUT2D eigenvalue weighted by molar-refractivity contribution is 7.94. The van der Waals surface area contributed by atoms with Crippen molar-refractivity contribution in [3.8, 4) is 5.75 Å². The summed E-state index contributed by atoms with van der Waals surface area (Å²) in [5.41, 5.74) is 1.39. The Morgan fingerprint density at radius 1 is 1.26 bits per heavy atom. The molecule has 0 radical (unpaired) electrons. The van der Waals surface area contributed by atoms with Crippen LogP contribution in [0.4, 0.5) is 5.69 Å².